The zero-order valence-electron chi connectivity index (χ0n) is 13.5. The molecule has 0 saturated carbocycles. The van der Waals surface area contributed by atoms with E-state index in [0.717, 1.165) is 62.7 Å². The van der Waals surface area contributed by atoms with Crippen molar-refractivity contribution < 1.29 is 0 Å². The van der Waals surface area contributed by atoms with Crippen LogP contribution in [0.25, 0.3) is 0 Å². The van der Waals surface area contributed by atoms with Crippen molar-refractivity contribution in [3.63, 3.8) is 0 Å². The summed E-state index contributed by atoms with van der Waals surface area (Å²) >= 11 is 5.92. The SMILES string of the molecule is N#Cc1cc(CN2CCCC(c3nnc4n3CCC4)C2)cnc1Cl. The summed E-state index contributed by atoms with van der Waals surface area (Å²) in [6, 6.07) is 3.94. The molecule has 24 heavy (non-hydrogen) atoms. The van der Waals surface area contributed by atoms with E-state index in [0.29, 0.717) is 11.5 Å². The molecule has 0 amide bonds. The van der Waals surface area contributed by atoms with Gasteiger partial charge >= 0.3 is 0 Å². The fourth-order valence-corrected chi connectivity index (χ4v) is 3.94. The number of aromatic nitrogens is 4. The zero-order chi connectivity index (χ0) is 16.5. The Hall–Kier alpha value is -1.97. The number of pyridine rings is 1. The molecule has 1 unspecified atom stereocenters. The highest BCUT2D eigenvalue weighted by Gasteiger charge is 2.28. The summed E-state index contributed by atoms with van der Waals surface area (Å²) in [4.78, 5) is 6.53. The minimum atomic E-state index is 0.275. The van der Waals surface area contributed by atoms with Gasteiger partial charge in [-0.15, -0.1) is 10.2 Å². The van der Waals surface area contributed by atoms with Crippen LogP contribution in [0.4, 0.5) is 0 Å². The third-order valence-corrected chi connectivity index (χ3v) is 5.23. The molecule has 0 N–H and O–H groups in total. The summed E-state index contributed by atoms with van der Waals surface area (Å²) in [7, 11) is 0. The molecule has 1 atom stereocenters. The molecule has 0 aliphatic carbocycles. The van der Waals surface area contributed by atoms with E-state index in [4.69, 9.17) is 16.9 Å². The molecule has 4 heterocycles. The maximum absolute atomic E-state index is 9.10. The Kier molecular flexibility index (Phi) is 4.21. The lowest BCUT2D eigenvalue weighted by molar-refractivity contribution is 0.194. The van der Waals surface area contributed by atoms with Gasteiger partial charge in [-0.1, -0.05) is 11.6 Å². The minimum absolute atomic E-state index is 0.275. The molecule has 2 aliphatic rings. The van der Waals surface area contributed by atoms with E-state index in [2.05, 4.69) is 30.7 Å². The molecule has 0 aromatic carbocycles. The molecule has 1 fully saturated rings. The number of nitrogens with zero attached hydrogens (tertiary/aromatic N) is 6. The van der Waals surface area contributed by atoms with Crippen LogP contribution in [-0.2, 0) is 19.5 Å². The lowest BCUT2D eigenvalue weighted by atomic mass is 9.96. The second-order valence-corrected chi connectivity index (χ2v) is 6.96. The van der Waals surface area contributed by atoms with Crippen molar-refractivity contribution in [3.8, 4) is 6.07 Å². The Morgan fingerprint density at radius 1 is 1.29 bits per heavy atom. The van der Waals surface area contributed by atoms with E-state index < -0.39 is 0 Å². The van der Waals surface area contributed by atoms with E-state index in [1.165, 1.54) is 6.42 Å². The topological polar surface area (TPSA) is 70.6 Å². The average Bonchev–Trinajstić information content (AvgIpc) is 3.20. The van der Waals surface area contributed by atoms with Gasteiger partial charge in [0.2, 0.25) is 0 Å². The molecular formula is C17H19ClN6. The molecule has 0 radical (unpaired) electrons. The summed E-state index contributed by atoms with van der Waals surface area (Å²) in [6.45, 7) is 3.88. The number of hydrogen-bond donors (Lipinski definition) is 0. The fourth-order valence-electron chi connectivity index (χ4n) is 3.80. The summed E-state index contributed by atoms with van der Waals surface area (Å²) in [6.07, 6.45) is 6.32. The summed E-state index contributed by atoms with van der Waals surface area (Å²) in [5.41, 5.74) is 1.47. The number of likely N-dealkylation sites (tertiary alicyclic amines) is 1. The predicted molar refractivity (Wildman–Crippen MR) is 89.6 cm³/mol. The maximum Gasteiger partial charge on any atom is 0.146 e. The van der Waals surface area contributed by atoms with Crippen LogP contribution in [-0.4, -0.2) is 37.7 Å². The molecule has 1 saturated heterocycles. The molecule has 2 aliphatic heterocycles. The van der Waals surface area contributed by atoms with Gasteiger partial charge in [0.05, 0.1) is 5.56 Å². The van der Waals surface area contributed by atoms with Crippen molar-refractivity contribution >= 4 is 11.6 Å². The van der Waals surface area contributed by atoms with E-state index in [1.54, 1.807) is 6.20 Å². The van der Waals surface area contributed by atoms with Gasteiger partial charge < -0.3 is 4.57 Å². The third kappa shape index (κ3) is 2.90. The largest absolute Gasteiger partial charge is 0.315 e. The minimum Gasteiger partial charge on any atom is -0.315 e. The highest BCUT2D eigenvalue weighted by atomic mass is 35.5. The Morgan fingerprint density at radius 3 is 3.08 bits per heavy atom. The van der Waals surface area contributed by atoms with Gasteiger partial charge in [0.15, 0.2) is 0 Å². The van der Waals surface area contributed by atoms with Crippen LogP contribution in [0.2, 0.25) is 5.15 Å². The summed E-state index contributed by atoms with van der Waals surface area (Å²) in [5, 5.41) is 18.2. The van der Waals surface area contributed by atoms with E-state index in [-0.39, 0.29) is 5.15 Å². The molecule has 2 aromatic heterocycles. The Balaban J connectivity index is 1.48. The lowest BCUT2D eigenvalue weighted by Gasteiger charge is -2.32. The van der Waals surface area contributed by atoms with Crippen molar-refractivity contribution in [1.82, 2.24) is 24.6 Å². The number of rotatable bonds is 3. The second kappa shape index (κ2) is 6.50. The molecule has 6 nitrogen and oxygen atoms in total. The van der Waals surface area contributed by atoms with Crippen LogP contribution in [0.5, 0.6) is 0 Å². The van der Waals surface area contributed by atoms with Crippen LogP contribution >= 0.6 is 11.6 Å². The third-order valence-electron chi connectivity index (χ3n) is 4.93. The van der Waals surface area contributed by atoms with Crippen LogP contribution in [0.3, 0.4) is 0 Å². The monoisotopic (exact) mass is 342 g/mol. The van der Waals surface area contributed by atoms with Gasteiger partial charge in [0, 0.05) is 38.2 Å². The van der Waals surface area contributed by atoms with Crippen molar-refractivity contribution in [2.24, 2.45) is 0 Å². The number of hydrogen-bond acceptors (Lipinski definition) is 5. The first kappa shape index (κ1) is 15.6. The number of fused-ring (bicyclic) bond motifs is 1. The van der Waals surface area contributed by atoms with Gasteiger partial charge in [-0.25, -0.2) is 4.98 Å². The maximum atomic E-state index is 9.10. The first-order chi connectivity index (χ1) is 11.7. The predicted octanol–water partition coefficient (Wildman–Crippen LogP) is 2.52. The summed E-state index contributed by atoms with van der Waals surface area (Å²) in [5.74, 6) is 2.73. The second-order valence-electron chi connectivity index (χ2n) is 6.60. The first-order valence-corrected chi connectivity index (χ1v) is 8.81. The van der Waals surface area contributed by atoms with E-state index in [9.17, 15) is 0 Å². The van der Waals surface area contributed by atoms with Crippen LogP contribution in [0, 0.1) is 11.3 Å². The van der Waals surface area contributed by atoms with Gasteiger partial charge in [0.1, 0.15) is 22.9 Å². The van der Waals surface area contributed by atoms with Crippen molar-refractivity contribution in [3.05, 3.63) is 40.2 Å². The highest BCUT2D eigenvalue weighted by molar-refractivity contribution is 6.30. The molecule has 7 heteroatoms. The Labute approximate surface area is 146 Å². The molecule has 124 valence electrons. The normalized spacial score (nSPS) is 20.8. The smallest absolute Gasteiger partial charge is 0.146 e. The standard InChI is InChI=1S/C17H19ClN6/c18-16-14(8-19)7-12(9-20-16)10-23-5-1-3-13(11-23)17-22-21-15-4-2-6-24(15)17/h7,9,13H,1-6,10-11H2. The van der Waals surface area contributed by atoms with E-state index in [1.807, 2.05) is 6.07 Å². The van der Waals surface area contributed by atoms with Crippen LogP contribution in [0.1, 0.15) is 48.0 Å². The number of piperidine rings is 1. The van der Waals surface area contributed by atoms with Crippen LogP contribution in [0.15, 0.2) is 12.3 Å². The molecule has 0 bridgehead atoms. The first-order valence-electron chi connectivity index (χ1n) is 8.43. The highest BCUT2D eigenvalue weighted by Crippen LogP contribution is 2.29. The van der Waals surface area contributed by atoms with Crippen molar-refractivity contribution in [2.45, 2.75) is 44.7 Å². The molecule has 2 aromatic rings. The van der Waals surface area contributed by atoms with E-state index >= 15 is 0 Å². The quantitative estimate of drug-likeness (QED) is 0.801. The lowest BCUT2D eigenvalue weighted by Crippen LogP contribution is -2.35. The zero-order valence-corrected chi connectivity index (χ0v) is 14.2. The van der Waals surface area contributed by atoms with Gasteiger partial charge in [0.25, 0.3) is 0 Å². The van der Waals surface area contributed by atoms with Crippen molar-refractivity contribution in [1.29, 1.82) is 5.26 Å². The Bertz CT molecular complexity index is 793. The van der Waals surface area contributed by atoms with Gasteiger partial charge in [-0.05, 0) is 37.4 Å². The van der Waals surface area contributed by atoms with Crippen molar-refractivity contribution in [2.75, 3.05) is 13.1 Å². The molecule has 0 spiro atoms. The van der Waals surface area contributed by atoms with Crippen LogP contribution < -0.4 is 0 Å². The number of nitriles is 1. The molecular weight excluding hydrogens is 324 g/mol. The summed E-state index contributed by atoms with van der Waals surface area (Å²) < 4.78 is 2.31. The van der Waals surface area contributed by atoms with Gasteiger partial charge in [-0.3, -0.25) is 4.90 Å². The fraction of sp³-hybridized carbons (Fsp3) is 0.529. The van der Waals surface area contributed by atoms with Gasteiger partial charge in [-0.2, -0.15) is 5.26 Å². The molecule has 4 rings (SSSR count). The average molecular weight is 343 g/mol. The number of aryl methyl sites for hydroxylation is 1. The number of halogens is 1. The Morgan fingerprint density at radius 2 is 2.21 bits per heavy atom.